The van der Waals surface area contributed by atoms with E-state index in [1.165, 1.54) is 27.8 Å². The fourth-order valence-electron chi connectivity index (χ4n) is 3.42. The van der Waals surface area contributed by atoms with Crippen LogP contribution < -0.4 is 4.74 Å². The predicted octanol–water partition coefficient (Wildman–Crippen LogP) is 6.63. The molecule has 3 aromatic rings. The molecule has 0 aromatic heterocycles. The predicted molar refractivity (Wildman–Crippen MR) is 126 cm³/mol. The van der Waals surface area contributed by atoms with E-state index in [-0.39, 0.29) is 0 Å². The van der Waals surface area contributed by atoms with Crippen LogP contribution in [0.1, 0.15) is 30.0 Å². The molecule has 0 radical (unpaired) electrons. The summed E-state index contributed by atoms with van der Waals surface area (Å²) in [6.45, 7) is 6.64. The minimum atomic E-state index is -2.07. The molecule has 3 rings (SSSR count). The molecule has 0 bridgehead atoms. The number of benzene rings is 3. The van der Waals surface area contributed by atoms with E-state index in [0.717, 1.165) is 18.2 Å². The molecule has 3 aromatic carbocycles. The summed E-state index contributed by atoms with van der Waals surface area (Å²) in [5, 5.41) is 0. The fraction of sp³-hybridized carbons (Fsp3) is 0.231. The molecule has 0 aliphatic carbocycles. The lowest BCUT2D eigenvalue weighted by molar-refractivity contribution is 0.332. The second-order valence-electron chi connectivity index (χ2n) is 7.87. The Morgan fingerprint density at radius 1 is 0.759 bits per heavy atom. The summed E-state index contributed by atoms with van der Waals surface area (Å²) in [4.78, 5) is 9.99. The number of hydrogen-bond donors (Lipinski definition) is 1. The molecule has 0 unspecified atom stereocenters. The van der Waals surface area contributed by atoms with Crippen LogP contribution in [0, 0.1) is 0 Å². The Morgan fingerprint density at radius 2 is 1.28 bits per heavy atom. The van der Waals surface area contributed by atoms with Crippen molar-refractivity contribution in [3.63, 3.8) is 0 Å². The lowest BCUT2D eigenvalue weighted by Gasteiger charge is -2.17. The first-order valence-electron chi connectivity index (χ1n) is 10.3. The van der Waals surface area contributed by atoms with Gasteiger partial charge in [-0.25, -0.2) is 0 Å². The van der Waals surface area contributed by atoms with Gasteiger partial charge < -0.3 is 9.53 Å². The van der Waals surface area contributed by atoms with E-state index < -0.39 is 8.32 Å². The first kappa shape index (κ1) is 21.1. The molecular formula is C26H30O2Si. The van der Waals surface area contributed by atoms with Gasteiger partial charge in [-0.15, -0.1) is 0 Å². The largest absolute Gasteiger partial charge is 0.494 e. The summed E-state index contributed by atoms with van der Waals surface area (Å²) in [6.07, 6.45) is 0.947. The summed E-state index contributed by atoms with van der Waals surface area (Å²) in [5.41, 5.74) is 6.24. The standard InChI is InChI=1S/C26H30O2Si/c1-4-25(21-11-7-5-8-12-21)26(22-13-9-6-10-14-22)23-15-17-24(18-16-23)28-19-20-29(2,3)27/h5-18,27H,4,19-20H2,1-3H3/b26-25-. The minimum Gasteiger partial charge on any atom is -0.494 e. The third-order valence-electron chi connectivity index (χ3n) is 4.97. The monoisotopic (exact) mass is 402 g/mol. The Labute approximate surface area is 175 Å². The molecule has 0 amide bonds. The molecule has 3 heteroatoms. The number of hydrogen-bond acceptors (Lipinski definition) is 2. The maximum absolute atomic E-state index is 9.99. The molecule has 0 aliphatic rings. The summed E-state index contributed by atoms with van der Waals surface area (Å²) in [6, 6.07) is 30.3. The second kappa shape index (κ2) is 9.73. The van der Waals surface area contributed by atoms with Gasteiger partial charge in [0.15, 0.2) is 8.32 Å². The molecule has 1 N–H and O–H groups in total. The Balaban J connectivity index is 1.96. The highest BCUT2D eigenvalue weighted by Gasteiger charge is 2.17. The van der Waals surface area contributed by atoms with Crippen molar-refractivity contribution >= 4 is 19.5 Å². The highest BCUT2D eigenvalue weighted by Crippen LogP contribution is 2.34. The van der Waals surface area contributed by atoms with Gasteiger partial charge >= 0.3 is 0 Å². The Kier molecular flexibility index (Phi) is 7.07. The van der Waals surface area contributed by atoms with Crippen molar-refractivity contribution in [3.05, 3.63) is 102 Å². The van der Waals surface area contributed by atoms with Gasteiger partial charge in [-0.05, 0) is 59.5 Å². The van der Waals surface area contributed by atoms with Crippen molar-refractivity contribution in [2.24, 2.45) is 0 Å². The van der Waals surface area contributed by atoms with E-state index in [4.69, 9.17) is 4.74 Å². The summed E-state index contributed by atoms with van der Waals surface area (Å²) >= 11 is 0. The van der Waals surface area contributed by atoms with Gasteiger partial charge in [-0.1, -0.05) is 79.7 Å². The van der Waals surface area contributed by atoms with E-state index in [0.29, 0.717) is 6.61 Å². The van der Waals surface area contributed by atoms with Crippen molar-refractivity contribution in [2.45, 2.75) is 32.5 Å². The van der Waals surface area contributed by atoms with E-state index >= 15 is 0 Å². The van der Waals surface area contributed by atoms with Gasteiger partial charge in [0.2, 0.25) is 0 Å². The van der Waals surface area contributed by atoms with Crippen LogP contribution in [0.5, 0.6) is 5.75 Å². The molecule has 0 spiro atoms. The van der Waals surface area contributed by atoms with Crippen LogP contribution in [0.4, 0.5) is 0 Å². The SMILES string of the molecule is CC/C(=C(\c1ccccc1)c1ccc(OCC[Si](C)(C)O)cc1)c1ccccc1. The zero-order valence-electron chi connectivity index (χ0n) is 17.6. The normalized spacial score (nSPS) is 12.4. The quantitative estimate of drug-likeness (QED) is 0.338. The smallest absolute Gasteiger partial charge is 0.185 e. The Bertz CT molecular complexity index is 924. The zero-order chi connectivity index (χ0) is 20.7. The van der Waals surface area contributed by atoms with E-state index in [1.54, 1.807) is 0 Å². The Morgan fingerprint density at radius 3 is 1.79 bits per heavy atom. The number of ether oxygens (including phenoxy) is 1. The first-order chi connectivity index (χ1) is 14.0. The lowest BCUT2D eigenvalue weighted by Crippen LogP contribution is -2.27. The van der Waals surface area contributed by atoms with Crippen LogP contribution in [0.25, 0.3) is 11.1 Å². The second-order valence-corrected chi connectivity index (χ2v) is 12.0. The molecule has 0 aliphatic heterocycles. The van der Waals surface area contributed by atoms with Gasteiger partial charge in [0.1, 0.15) is 5.75 Å². The maximum Gasteiger partial charge on any atom is 0.185 e. The molecule has 0 fully saturated rings. The minimum absolute atomic E-state index is 0.556. The average molecular weight is 403 g/mol. The van der Waals surface area contributed by atoms with Gasteiger partial charge in [-0.2, -0.15) is 0 Å². The first-order valence-corrected chi connectivity index (χ1v) is 13.4. The highest BCUT2D eigenvalue weighted by molar-refractivity contribution is 6.69. The van der Waals surface area contributed by atoms with Crippen molar-refractivity contribution in [1.29, 1.82) is 0 Å². The van der Waals surface area contributed by atoms with Crippen LogP contribution >= 0.6 is 0 Å². The van der Waals surface area contributed by atoms with Crippen molar-refractivity contribution in [2.75, 3.05) is 6.61 Å². The van der Waals surface area contributed by atoms with Crippen LogP contribution in [0.2, 0.25) is 19.1 Å². The van der Waals surface area contributed by atoms with E-state index in [2.05, 4.69) is 79.7 Å². The van der Waals surface area contributed by atoms with Crippen molar-refractivity contribution in [1.82, 2.24) is 0 Å². The fourth-order valence-corrected chi connectivity index (χ4v) is 4.02. The van der Waals surface area contributed by atoms with Crippen LogP contribution in [0.3, 0.4) is 0 Å². The molecule has 150 valence electrons. The molecule has 0 atom stereocenters. The summed E-state index contributed by atoms with van der Waals surface area (Å²) in [7, 11) is -2.07. The third-order valence-corrected chi connectivity index (χ3v) is 6.39. The van der Waals surface area contributed by atoms with Crippen LogP contribution in [-0.2, 0) is 0 Å². The molecule has 0 heterocycles. The lowest BCUT2D eigenvalue weighted by atomic mass is 9.88. The average Bonchev–Trinajstić information content (AvgIpc) is 2.73. The summed E-state index contributed by atoms with van der Waals surface area (Å²) < 4.78 is 5.85. The molecule has 0 saturated carbocycles. The molecular weight excluding hydrogens is 372 g/mol. The Hall–Kier alpha value is -2.62. The van der Waals surface area contributed by atoms with Crippen molar-refractivity contribution in [3.8, 4) is 5.75 Å². The van der Waals surface area contributed by atoms with Crippen LogP contribution in [-0.4, -0.2) is 19.7 Å². The van der Waals surface area contributed by atoms with E-state index in [1.807, 2.05) is 25.2 Å². The third kappa shape index (κ3) is 5.93. The molecule has 29 heavy (non-hydrogen) atoms. The number of allylic oxidation sites excluding steroid dienone is 1. The van der Waals surface area contributed by atoms with Crippen molar-refractivity contribution < 1.29 is 9.53 Å². The summed E-state index contributed by atoms with van der Waals surface area (Å²) in [5.74, 6) is 0.845. The van der Waals surface area contributed by atoms with Gasteiger partial charge in [-0.3, -0.25) is 0 Å². The van der Waals surface area contributed by atoms with Gasteiger partial charge in [0, 0.05) is 6.04 Å². The topological polar surface area (TPSA) is 29.5 Å². The van der Waals surface area contributed by atoms with Gasteiger partial charge in [0.25, 0.3) is 0 Å². The van der Waals surface area contributed by atoms with Gasteiger partial charge in [0.05, 0.1) is 6.61 Å². The number of rotatable bonds is 8. The maximum atomic E-state index is 9.99. The van der Waals surface area contributed by atoms with E-state index in [9.17, 15) is 4.80 Å². The molecule has 0 saturated heterocycles. The molecule has 2 nitrogen and oxygen atoms in total. The van der Waals surface area contributed by atoms with Crippen LogP contribution in [0.15, 0.2) is 84.9 Å². The highest BCUT2D eigenvalue weighted by atomic mass is 28.4. The zero-order valence-corrected chi connectivity index (χ0v) is 18.6.